The number of halogens is 1. The Bertz CT molecular complexity index is 1560. The van der Waals surface area contributed by atoms with Crippen molar-refractivity contribution in [2.75, 3.05) is 13.7 Å². The van der Waals surface area contributed by atoms with Crippen LogP contribution in [-0.4, -0.2) is 30.8 Å². The number of aliphatic carboxylic acids is 1. The Hall–Kier alpha value is -4.66. The number of carboxylic acid groups (broad SMARTS) is 1. The van der Waals surface area contributed by atoms with E-state index < -0.39 is 30.3 Å². The molecule has 0 amide bonds. The summed E-state index contributed by atoms with van der Waals surface area (Å²) in [4.78, 5) is 36.6. The molecule has 1 aromatic heterocycles. The van der Waals surface area contributed by atoms with Gasteiger partial charge in [0.05, 0.1) is 24.5 Å². The van der Waals surface area contributed by atoms with Crippen molar-refractivity contribution >= 4 is 22.9 Å². The van der Waals surface area contributed by atoms with E-state index in [-0.39, 0.29) is 45.6 Å². The zero-order valence-corrected chi connectivity index (χ0v) is 18.9. The summed E-state index contributed by atoms with van der Waals surface area (Å²) >= 11 is 0. The van der Waals surface area contributed by atoms with Gasteiger partial charge in [-0.3, -0.25) is 9.59 Å². The highest BCUT2D eigenvalue weighted by atomic mass is 19.1. The molecule has 1 aliphatic rings. The van der Waals surface area contributed by atoms with Crippen LogP contribution in [0.3, 0.4) is 0 Å². The van der Waals surface area contributed by atoms with Gasteiger partial charge in [0.15, 0.2) is 18.1 Å². The Kier molecular flexibility index (Phi) is 5.89. The van der Waals surface area contributed by atoms with Crippen molar-refractivity contribution in [3.63, 3.8) is 0 Å². The molecule has 0 aliphatic carbocycles. The Labute approximate surface area is 203 Å². The molecule has 3 aromatic carbocycles. The molecule has 182 valence electrons. The maximum Gasteiger partial charge on any atom is 0.341 e. The van der Waals surface area contributed by atoms with E-state index in [1.807, 2.05) is 0 Å². The summed E-state index contributed by atoms with van der Waals surface area (Å²) in [5.74, 6) is -1.75. The van der Waals surface area contributed by atoms with Crippen LogP contribution in [0.1, 0.15) is 23.5 Å². The fraction of sp³-hybridized carbons (Fsp3) is 0.148. The first-order chi connectivity index (χ1) is 17.4. The first-order valence-electron chi connectivity index (χ1n) is 10.9. The van der Waals surface area contributed by atoms with Crippen LogP contribution in [0.2, 0.25) is 0 Å². The summed E-state index contributed by atoms with van der Waals surface area (Å²) in [7, 11) is 1.42. The summed E-state index contributed by atoms with van der Waals surface area (Å²) in [5.41, 5.74) is 1.92. The zero-order valence-electron chi connectivity index (χ0n) is 18.9. The number of ether oxygens (including phenoxy) is 3. The topological polar surface area (TPSA) is 112 Å². The lowest BCUT2D eigenvalue weighted by molar-refractivity contribution is -0.139. The molecule has 0 radical (unpaired) electrons. The first kappa shape index (κ1) is 23.1. The van der Waals surface area contributed by atoms with E-state index in [0.717, 1.165) is 0 Å². The van der Waals surface area contributed by atoms with Crippen LogP contribution in [0.5, 0.6) is 17.2 Å². The number of fused-ring (bicyclic) bond motifs is 3. The van der Waals surface area contributed by atoms with Gasteiger partial charge >= 0.3 is 11.9 Å². The van der Waals surface area contributed by atoms with Gasteiger partial charge in [-0.15, -0.1) is 0 Å². The fourth-order valence-electron chi connectivity index (χ4n) is 4.33. The number of methoxy groups -OCH3 is 1. The highest BCUT2D eigenvalue weighted by Crippen LogP contribution is 2.44. The van der Waals surface area contributed by atoms with Crippen molar-refractivity contribution in [1.82, 2.24) is 0 Å². The predicted octanol–water partition coefficient (Wildman–Crippen LogP) is 4.51. The zero-order chi connectivity index (χ0) is 25.4. The molecule has 1 atom stereocenters. The van der Waals surface area contributed by atoms with Crippen LogP contribution < -0.4 is 19.6 Å². The summed E-state index contributed by atoms with van der Waals surface area (Å²) in [5, 5.41) is 9.18. The number of benzene rings is 3. The van der Waals surface area contributed by atoms with Gasteiger partial charge in [-0.05, 0) is 47.5 Å². The van der Waals surface area contributed by atoms with Crippen LogP contribution >= 0.6 is 0 Å². The molecular formula is C27H19FO8. The van der Waals surface area contributed by atoms with Crippen molar-refractivity contribution in [3.8, 4) is 28.4 Å². The number of hydrogen-bond donors (Lipinski definition) is 1. The second kappa shape index (κ2) is 9.18. The number of carbonyl (C=O) groups is 2. The van der Waals surface area contributed by atoms with E-state index in [9.17, 15) is 18.8 Å². The van der Waals surface area contributed by atoms with Crippen molar-refractivity contribution in [1.29, 1.82) is 0 Å². The maximum absolute atomic E-state index is 13.4. The Balaban J connectivity index is 1.63. The number of esters is 1. The molecule has 4 aromatic rings. The highest BCUT2D eigenvalue weighted by molar-refractivity contribution is 5.90. The van der Waals surface area contributed by atoms with E-state index >= 15 is 0 Å². The molecule has 0 unspecified atom stereocenters. The fourth-order valence-corrected chi connectivity index (χ4v) is 4.33. The smallest absolute Gasteiger partial charge is 0.341 e. The third kappa shape index (κ3) is 4.15. The molecule has 1 aliphatic heterocycles. The van der Waals surface area contributed by atoms with E-state index in [1.54, 1.807) is 24.3 Å². The first-order valence-corrected chi connectivity index (χ1v) is 10.9. The minimum atomic E-state index is -1.13. The van der Waals surface area contributed by atoms with Crippen LogP contribution in [0.25, 0.3) is 22.1 Å². The van der Waals surface area contributed by atoms with Gasteiger partial charge in [0.2, 0.25) is 5.43 Å². The molecule has 0 bridgehead atoms. The number of rotatable bonds is 6. The average molecular weight is 490 g/mol. The largest absolute Gasteiger partial charge is 0.493 e. The van der Waals surface area contributed by atoms with Gasteiger partial charge in [0.25, 0.3) is 0 Å². The van der Waals surface area contributed by atoms with Crippen molar-refractivity contribution < 1.29 is 37.7 Å². The molecule has 2 heterocycles. The monoisotopic (exact) mass is 490 g/mol. The highest BCUT2D eigenvalue weighted by Gasteiger charge is 2.32. The van der Waals surface area contributed by atoms with Crippen molar-refractivity contribution in [2.45, 2.75) is 12.3 Å². The predicted molar refractivity (Wildman–Crippen MR) is 126 cm³/mol. The molecule has 36 heavy (non-hydrogen) atoms. The quantitative estimate of drug-likeness (QED) is 0.310. The minimum absolute atomic E-state index is 0.0198. The van der Waals surface area contributed by atoms with Crippen LogP contribution in [0.15, 0.2) is 70.1 Å². The Morgan fingerprint density at radius 3 is 2.58 bits per heavy atom. The second-order valence-corrected chi connectivity index (χ2v) is 8.16. The van der Waals surface area contributed by atoms with Crippen LogP contribution in [-0.2, 0) is 9.59 Å². The van der Waals surface area contributed by atoms with E-state index in [1.165, 1.54) is 43.7 Å². The standard InChI is InChI=1S/C27H19FO8/c1-33-22-10-15(4-8-20(22)34-13-23(29)30)18-11-24(31)36-21-9-7-17-26(32)19(12-35-27(17)25(18)21)14-2-5-16(28)6-3-14/h2-10,12,18H,11,13H2,1H3,(H,29,30)/t18-/m0/s1. The van der Waals surface area contributed by atoms with Gasteiger partial charge in [0, 0.05) is 11.5 Å². The van der Waals surface area contributed by atoms with E-state index in [0.29, 0.717) is 16.7 Å². The number of carboxylic acids is 1. The van der Waals surface area contributed by atoms with E-state index in [4.69, 9.17) is 23.7 Å². The summed E-state index contributed by atoms with van der Waals surface area (Å²) < 4.78 is 35.4. The third-order valence-electron chi connectivity index (χ3n) is 5.98. The van der Waals surface area contributed by atoms with Crippen molar-refractivity contribution in [2.24, 2.45) is 0 Å². The van der Waals surface area contributed by atoms with Gasteiger partial charge in [-0.25, -0.2) is 9.18 Å². The molecule has 0 fully saturated rings. The summed E-state index contributed by atoms with van der Waals surface area (Å²) in [6.07, 6.45) is 1.29. The SMILES string of the molecule is COc1cc([C@@H]2CC(=O)Oc3ccc4c(=O)c(-c5ccc(F)cc5)coc4c32)ccc1OCC(=O)O. The molecule has 9 heteroatoms. The van der Waals surface area contributed by atoms with E-state index in [2.05, 4.69) is 0 Å². The average Bonchev–Trinajstić information content (AvgIpc) is 2.87. The molecule has 8 nitrogen and oxygen atoms in total. The Morgan fingerprint density at radius 2 is 1.86 bits per heavy atom. The number of carbonyl (C=O) groups excluding carboxylic acids is 1. The molecule has 1 N–H and O–H groups in total. The van der Waals surface area contributed by atoms with Crippen LogP contribution in [0.4, 0.5) is 4.39 Å². The van der Waals surface area contributed by atoms with Gasteiger partial charge in [-0.2, -0.15) is 0 Å². The van der Waals surface area contributed by atoms with Gasteiger partial charge in [-0.1, -0.05) is 18.2 Å². The molecule has 5 rings (SSSR count). The lowest BCUT2D eigenvalue weighted by atomic mass is 9.85. The van der Waals surface area contributed by atoms with Gasteiger partial charge < -0.3 is 23.7 Å². The lowest BCUT2D eigenvalue weighted by Crippen LogP contribution is -2.22. The second-order valence-electron chi connectivity index (χ2n) is 8.16. The molecule has 0 saturated carbocycles. The summed E-state index contributed by atoms with van der Waals surface area (Å²) in [6, 6.07) is 13.5. The Morgan fingerprint density at radius 1 is 1.08 bits per heavy atom. The number of hydrogen-bond acceptors (Lipinski definition) is 7. The lowest BCUT2D eigenvalue weighted by Gasteiger charge is -2.26. The molecule has 0 saturated heterocycles. The third-order valence-corrected chi connectivity index (χ3v) is 5.98. The maximum atomic E-state index is 13.4. The van der Waals surface area contributed by atoms with Crippen molar-refractivity contribution in [3.05, 3.63) is 88.0 Å². The summed E-state index contributed by atoms with van der Waals surface area (Å²) in [6.45, 7) is -0.541. The molecule has 0 spiro atoms. The van der Waals surface area contributed by atoms with Crippen LogP contribution in [0, 0.1) is 5.82 Å². The van der Waals surface area contributed by atoms with Gasteiger partial charge in [0.1, 0.15) is 23.4 Å². The normalized spacial score (nSPS) is 14.7. The minimum Gasteiger partial charge on any atom is -0.493 e. The molecular weight excluding hydrogens is 471 g/mol.